The SMILES string of the molecule is CCCCCCCCCCCCCCCCCCc1cccc2ccccc12.O=S(=O)(O)O. The number of fused-ring (bicyclic) bond motifs is 1. The van der Waals surface area contributed by atoms with Gasteiger partial charge in [0.15, 0.2) is 0 Å². The van der Waals surface area contributed by atoms with Crippen LogP contribution in [0.15, 0.2) is 42.5 Å². The molecule has 0 amide bonds. The molecule has 0 heterocycles. The average molecular weight is 479 g/mol. The number of aryl methyl sites for hydroxylation is 1. The van der Waals surface area contributed by atoms with E-state index in [9.17, 15) is 0 Å². The van der Waals surface area contributed by atoms with Crippen molar-refractivity contribution in [1.29, 1.82) is 0 Å². The molecule has 2 N–H and O–H groups in total. The Labute approximate surface area is 202 Å². The van der Waals surface area contributed by atoms with Gasteiger partial charge in [-0.25, -0.2) is 0 Å². The molecule has 188 valence electrons. The van der Waals surface area contributed by atoms with Crippen molar-refractivity contribution in [2.24, 2.45) is 0 Å². The Hall–Kier alpha value is -1.43. The molecule has 0 aliphatic carbocycles. The van der Waals surface area contributed by atoms with Crippen LogP contribution < -0.4 is 0 Å². The van der Waals surface area contributed by atoms with Gasteiger partial charge < -0.3 is 0 Å². The van der Waals surface area contributed by atoms with Gasteiger partial charge in [-0.15, -0.1) is 0 Å². The fourth-order valence-electron chi connectivity index (χ4n) is 4.37. The van der Waals surface area contributed by atoms with Crippen LogP contribution in [0.1, 0.15) is 115 Å². The topological polar surface area (TPSA) is 74.6 Å². The number of rotatable bonds is 17. The van der Waals surface area contributed by atoms with E-state index in [4.69, 9.17) is 17.5 Å². The first kappa shape index (κ1) is 29.6. The summed E-state index contributed by atoms with van der Waals surface area (Å²) in [6, 6.07) is 15.6. The Morgan fingerprint density at radius 1 is 0.576 bits per heavy atom. The molecule has 0 radical (unpaired) electrons. The highest BCUT2D eigenvalue weighted by Crippen LogP contribution is 2.21. The van der Waals surface area contributed by atoms with Crippen molar-refractivity contribution in [2.45, 2.75) is 116 Å². The smallest absolute Gasteiger partial charge is 0.264 e. The summed E-state index contributed by atoms with van der Waals surface area (Å²) in [5, 5.41) is 2.84. The zero-order valence-corrected chi connectivity index (χ0v) is 21.5. The fourth-order valence-corrected chi connectivity index (χ4v) is 4.37. The van der Waals surface area contributed by atoms with Gasteiger partial charge in [-0.05, 0) is 29.2 Å². The summed E-state index contributed by atoms with van der Waals surface area (Å²) in [7, 11) is -4.67. The minimum atomic E-state index is -4.67. The van der Waals surface area contributed by atoms with Crippen molar-refractivity contribution < 1.29 is 17.5 Å². The van der Waals surface area contributed by atoms with Gasteiger partial charge >= 0.3 is 10.4 Å². The van der Waals surface area contributed by atoms with Crippen molar-refractivity contribution >= 4 is 21.2 Å². The summed E-state index contributed by atoms with van der Waals surface area (Å²) in [4.78, 5) is 0. The van der Waals surface area contributed by atoms with Crippen LogP contribution in [0.5, 0.6) is 0 Å². The molecule has 0 atom stereocenters. The summed E-state index contributed by atoms with van der Waals surface area (Å²) in [6.07, 6.45) is 24.3. The Morgan fingerprint density at radius 3 is 1.45 bits per heavy atom. The first-order valence-corrected chi connectivity index (χ1v) is 14.5. The van der Waals surface area contributed by atoms with Crippen molar-refractivity contribution in [2.75, 3.05) is 0 Å². The third-order valence-corrected chi connectivity index (χ3v) is 6.18. The molecule has 33 heavy (non-hydrogen) atoms. The van der Waals surface area contributed by atoms with Gasteiger partial charge in [-0.1, -0.05) is 146 Å². The summed E-state index contributed by atoms with van der Waals surface area (Å²) < 4.78 is 31.6. The lowest BCUT2D eigenvalue weighted by Gasteiger charge is -2.07. The molecule has 0 bridgehead atoms. The molecule has 0 unspecified atom stereocenters. The number of unbranched alkanes of at least 4 members (excludes halogenated alkanes) is 15. The lowest BCUT2D eigenvalue weighted by atomic mass is 9.99. The highest BCUT2D eigenvalue weighted by molar-refractivity contribution is 7.79. The fraction of sp³-hybridized carbons (Fsp3) is 0.643. The van der Waals surface area contributed by atoms with Gasteiger partial charge in [-0.3, -0.25) is 9.11 Å². The van der Waals surface area contributed by atoms with Crippen LogP contribution in [-0.4, -0.2) is 17.5 Å². The quantitative estimate of drug-likeness (QED) is 0.176. The molecule has 0 aliphatic rings. The molecule has 2 aromatic rings. The van der Waals surface area contributed by atoms with E-state index in [-0.39, 0.29) is 0 Å². The standard InChI is InChI=1S/C28H44.H2O4S/c1-2-3-4-5-6-7-8-9-10-11-12-13-14-15-16-17-21-26-23-20-24-27-22-18-19-25-28(26)27;1-5(2,3)4/h18-20,22-25H,2-17,21H2,1H3;(H2,1,2,3,4). The van der Waals surface area contributed by atoms with E-state index in [1.54, 1.807) is 0 Å². The molecule has 2 rings (SSSR count). The van der Waals surface area contributed by atoms with E-state index >= 15 is 0 Å². The van der Waals surface area contributed by atoms with Crippen LogP contribution in [0.3, 0.4) is 0 Å². The lowest BCUT2D eigenvalue weighted by molar-refractivity contribution is 0.381. The predicted octanol–water partition coefficient (Wildman–Crippen LogP) is 8.99. The van der Waals surface area contributed by atoms with Crippen molar-refractivity contribution in [3.63, 3.8) is 0 Å². The Kier molecular flexibility index (Phi) is 17.0. The molecule has 0 fully saturated rings. The van der Waals surface area contributed by atoms with E-state index in [1.165, 1.54) is 125 Å². The highest BCUT2D eigenvalue weighted by atomic mass is 32.3. The zero-order valence-electron chi connectivity index (χ0n) is 20.7. The molecule has 5 heteroatoms. The van der Waals surface area contributed by atoms with E-state index in [0.717, 1.165) is 0 Å². The van der Waals surface area contributed by atoms with E-state index in [1.807, 2.05) is 0 Å². The van der Waals surface area contributed by atoms with Crippen molar-refractivity contribution in [1.82, 2.24) is 0 Å². The van der Waals surface area contributed by atoms with E-state index in [0.29, 0.717) is 0 Å². The second-order valence-electron chi connectivity index (χ2n) is 9.14. The first-order chi connectivity index (χ1) is 15.9. The third kappa shape index (κ3) is 17.7. The molecular weight excluding hydrogens is 432 g/mol. The monoisotopic (exact) mass is 478 g/mol. The summed E-state index contributed by atoms with van der Waals surface area (Å²) in [5.74, 6) is 0. The number of benzene rings is 2. The van der Waals surface area contributed by atoms with Crippen LogP contribution in [-0.2, 0) is 16.8 Å². The minimum absolute atomic E-state index is 1.24. The molecule has 0 aromatic heterocycles. The maximum atomic E-state index is 8.74. The molecule has 4 nitrogen and oxygen atoms in total. The Balaban J connectivity index is 0.000000981. The highest BCUT2D eigenvalue weighted by Gasteiger charge is 2.00. The molecule has 0 saturated heterocycles. The summed E-state index contributed by atoms with van der Waals surface area (Å²) in [5.41, 5.74) is 1.53. The van der Waals surface area contributed by atoms with Crippen LogP contribution in [0.25, 0.3) is 10.8 Å². The van der Waals surface area contributed by atoms with Crippen LogP contribution in [0.2, 0.25) is 0 Å². The number of hydrogen-bond donors (Lipinski definition) is 2. The largest absolute Gasteiger partial charge is 0.394 e. The second-order valence-corrected chi connectivity index (χ2v) is 10.0. The van der Waals surface area contributed by atoms with Gasteiger partial charge in [0.05, 0.1) is 0 Å². The zero-order chi connectivity index (χ0) is 24.2. The van der Waals surface area contributed by atoms with Crippen LogP contribution >= 0.6 is 0 Å². The van der Waals surface area contributed by atoms with Gasteiger partial charge in [0, 0.05) is 0 Å². The lowest BCUT2D eigenvalue weighted by Crippen LogP contribution is -1.89. The average Bonchev–Trinajstić information content (AvgIpc) is 2.78. The first-order valence-electron chi connectivity index (χ1n) is 13.1. The van der Waals surface area contributed by atoms with Crippen LogP contribution in [0.4, 0.5) is 0 Å². The van der Waals surface area contributed by atoms with Gasteiger partial charge in [-0.2, -0.15) is 8.42 Å². The van der Waals surface area contributed by atoms with Crippen molar-refractivity contribution in [3.05, 3.63) is 48.0 Å². The maximum absolute atomic E-state index is 8.74. The third-order valence-electron chi connectivity index (χ3n) is 6.18. The Bertz CT molecular complexity index is 819. The molecule has 0 saturated carbocycles. The predicted molar refractivity (Wildman–Crippen MR) is 141 cm³/mol. The maximum Gasteiger partial charge on any atom is 0.394 e. The summed E-state index contributed by atoms with van der Waals surface area (Å²) in [6.45, 7) is 2.30. The van der Waals surface area contributed by atoms with E-state index < -0.39 is 10.4 Å². The summed E-state index contributed by atoms with van der Waals surface area (Å²) >= 11 is 0. The van der Waals surface area contributed by atoms with Gasteiger partial charge in [0.25, 0.3) is 0 Å². The minimum Gasteiger partial charge on any atom is -0.264 e. The molecule has 2 aromatic carbocycles. The Morgan fingerprint density at radius 2 is 0.970 bits per heavy atom. The molecular formula is C28H46O4S. The van der Waals surface area contributed by atoms with E-state index in [2.05, 4.69) is 49.4 Å². The molecule has 0 aliphatic heterocycles. The van der Waals surface area contributed by atoms with Gasteiger partial charge in [0.2, 0.25) is 0 Å². The molecule has 0 spiro atoms. The van der Waals surface area contributed by atoms with Crippen LogP contribution in [0, 0.1) is 0 Å². The van der Waals surface area contributed by atoms with Gasteiger partial charge in [0.1, 0.15) is 0 Å². The number of hydrogen-bond acceptors (Lipinski definition) is 2. The normalized spacial score (nSPS) is 11.4. The van der Waals surface area contributed by atoms with Crippen molar-refractivity contribution in [3.8, 4) is 0 Å². The second kappa shape index (κ2) is 18.9.